The Kier molecular flexibility index (Phi) is 3.17. The van der Waals surface area contributed by atoms with Gasteiger partial charge in [0.2, 0.25) is 5.95 Å². The SMILES string of the molecule is CCCn1cc(-c2nc(N)nc(OC)n2)cn1. The first kappa shape index (κ1) is 11.3. The number of nitrogens with two attached hydrogens (primary N) is 1. The molecule has 0 bridgehead atoms. The first-order chi connectivity index (χ1) is 8.22. The van der Waals surface area contributed by atoms with Crippen molar-refractivity contribution in [3.8, 4) is 17.4 Å². The summed E-state index contributed by atoms with van der Waals surface area (Å²) in [6, 6.07) is 0.204. The molecule has 2 N–H and O–H groups in total. The third-order valence-corrected chi connectivity index (χ3v) is 2.16. The van der Waals surface area contributed by atoms with Crippen LogP contribution in [0.2, 0.25) is 0 Å². The molecule has 7 heteroatoms. The zero-order valence-corrected chi connectivity index (χ0v) is 9.79. The minimum absolute atomic E-state index is 0.134. The molecule has 0 amide bonds. The summed E-state index contributed by atoms with van der Waals surface area (Å²) in [6.45, 7) is 2.95. The molecule has 0 atom stereocenters. The molecular weight excluding hydrogens is 220 g/mol. The van der Waals surface area contributed by atoms with E-state index in [0.29, 0.717) is 5.82 Å². The third-order valence-electron chi connectivity index (χ3n) is 2.16. The van der Waals surface area contributed by atoms with Gasteiger partial charge in [-0.05, 0) is 6.42 Å². The Morgan fingerprint density at radius 1 is 1.35 bits per heavy atom. The largest absolute Gasteiger partial charge is 0.467 e. The van der Waals surface area contributed by atoms with Gasteiger partial charge in [-0.1, -0.05) is 6.92 Å². The number of hydrogen-bond acceptors (Lipinski definition) is 6. The second-order valence-electron chi connectivity index (χ2n) is 3.50. The predicted molar refractivity (Wildman–Crippen MR) is 62.3 cm³/mol. The fraction of sp³-hybridized carbons (Fsp3) is 0.400. The quantitative estimate of drug-likeness (QED) is 0.838. The van der Waals surface area contributed by atoms with Gasteiger partial charge in [-0.2, -0.15) is 20.1 Å². The standard InChI is InChI=1S/C10H14N6O/c1-3-4-16-6-7(5-12-16)8-13-9(11)15-10(14-8)17-2/h5-6H,3-4H2,1-2H3,(H2,11,13,14,15). The highest BCUT2D eigenvalue weighted by Gasteiger charge is 2.09. The topological polar surface area (TPSA) is 91.7 Å². The lowest BCUT2D eigenvalue weighted by Gasteiger charge is -2.01. The molecule has 0 aromatic carbocycles. The number of rotatable bonds is 4. The summed E-state index contributed by atoms with van der Waals surface area (Å²) in [7, 11) is 1.49. The number of nitrogen functional groups attached to an aromatic ring is 1. The maximum absolute atomic E-state index is 5.57. The van der Waals surface area contributed by atoms with Crippen molar-refractivity contribution < 1.29 is 4.74 Å². The van der Waals surface area contributed by atoms with Crippen LogP contribution in [0.3, 0.4) is 0 Å². The summed E-state index contributed by atoms with van der Waals surface area (Å²) in [5.41, 5.74) is 6.37. The number of nitrogens with zero attached hydrogens (tertiary/aromatic N) is 5. The van der Waals surface area contributed by atoms with Crippen molar-refractivity contribution in [1.29, 1.82) is 0 Å². The molecule has 7 nitrogen and oxygen atoms in total. The van der Waals surface area contributed by atoms with Crippen molar-refractivity contribution in [3.05, 3.63) is 12.4 Å². The Balaban J connectivity index is 2.34. The van der Waals surface area contributed by atoms with Gasteiger partial charge in [-0.25, -0.2) is 0 Å². The van der Waals surface area contributed by atoms with Crippen LogP contribution >= 0.6 is 0 Å². The molecule has 0 unspecified atom stereocenters. The number of ether oxygens (including phenoxy) is 1. The van der Waals surface area contributed by atoms with Crippen LogP contribution in [-0.4, -0.2) is 31.8 Å². The van der Waals surface area contributed by atoms with E-state index in [1.807, 2.05) is 10.9 Å². The second kappa shape index (κ2) is 4.77. The molecule has 0 aliphatic heterocycles. The van der Waals surface area contributed by atoms with E-state index in [4.69, 9.17) is 10.5 Å². The maximum atomic E-state index is 5.57. The van der Waals surface area contributed by atoms with Crippen LogP contribution < -0.4 is 10.5 Å². The van der Waals surface area contributed by atoms with E-state index in [0.717, 1.165) is 18.5 Å². The van der Waals surface area contributed by atoms with Crippen LogP contribution in [0.4, 0.5) is 5.95 Å². The molecule has 0 aliphatic rings. The van der Waals surface area contributed by atoms with E-state index in [-0.39, 0.29) is 12.0 Å². The monoisotopic (exact) mass is 234 g/mol. The molecule has 0 fully saturated rings. The van der Waals surface area contributed by atoms with E-state index in [1.165, 1.54) is 7.11 Å². The Labute approximate surface area is 98.7 Å². The molecule has 17 heavy (non-hydrogen) atoms. The minimum Gasteiger partial charge on any atom is -0.467 e. The van der Waals surface area contributed by atoms with Crippen molar-refractivity contribution in [1.82, 2.24) is 24.7 Å². The van der Waals surface area contributed by atoms with Gasteiger partial charge in [0, 0.05) is 12.7 Å². The molecule has 90 valence electrons. The van der Waals surface area contributed by atoms with Crippen molar-refractivity contribution in [2.45, 2.75) is 19.9 Å². The average Bonchev–Trinajstić information content (AvgIpc) is 2.77. The number of anilines is 1. The van der Waals surface area contributed by atoms with Crippen LogP contribution in [0.25, 0.3) is 11.4 Å². The second-order valence-corrected chi connectivity index (χ2v) is 3.50. The predicted octanol–water partition coefficient (Wildman–Crippen LogP) is 0.736. The number of methoxy groups -OCH3 is 1. The molecule has 0 aliphatic carbocycles. The highest BCUT2D eigenvalue weighted by atomic mass is 16.5. The van der Waals surface area contributed by atoms with E-state index in [2.05, 4.69) is 27.0 Å². The summed E-state index contributed by atoms with van der Waals surface area (Å²) in [5.74, 6) is 0.604. The summed E-state index contributed by atoms with van der Waals surface area (Å²) >= 11 is 0. The molecule has 0 spiro atoms. The van der Waals surface area contributed by atoms with Crippen LogP contribution in [0.1, 0.15) is 13.3 Å². The van der Waals surface area contributed by atoms with Crippen LogP contribution in [-0.2, 0) is 6.54 Å². The zero-order valence-electron chi connectivity index (χ0n) is 9.79. The van der Waals surface area contributed by atoms with Crippen LogP contribution in [0.15, 0.2) is 12.4 Å². The molecule has 0 saturated heterocycles. The summed E-state index contributed by atoms with van der Waals surface area (Å²) in [6.07, 6.45) is 4.59. The molecule has 0 radical (unpaired) electrons. The van der Waals surface area contributed by atoms with Gasteiger partial charge < -0.3 is 10.5 Å². The van der Waals surface area contributed by atoms with Crippen LogP contribution in [0, 0.1) is 0 Å². The fourth-order valence-corrected chi connectivity index (χ4v) is 1.42. The lowest BCUT2D eigenvalue weighted by molar-refractivity contribution is 0.379. The van der Waals surface area contributed by atoms with Gasteiger partial charge in [0.15, 0.2) is 5.82 Å². The summed E-state index contributed by atoms with van der Waals surface area (Å²) in [5, 5.41) is 4.20. The lowest BCUT2D eigenvalue weighted by atomic mass is 10.3. The molecule has 2 aromatic heterocycles. The number of aryl methyl sites for hydroxylation is 1. The fourth-order valence-electron chi connectivity index (χ4n) is 1.42. The van der Waals surface area contributed by atoms with Gasteiger partial charge in [0.1, 0.15) is 0 Å². The maximum Gasteiger partial charge on any atom is 0.321 e. The first-order valence-electron chi connectivity index (χ1n) is 5.31. The van der Waals surface area contributed by atoms with E-state index in [1.54, 1.807) is 6.20 Å². The van der Waals surface area contributed by atoms with Gasteiger partial charge in [-0.15, -0.1) is 0 Å². The summed E-state index contributed by atoms with van der Waals surface area (Å²) in [4.78, 5) is 12.0. The van der Waals surface area contributed by atoms with Crippen molar-refractivity contribution in [2.75, 3.05) is 12.8 Å². The van der Waals surface area contributed by atoms with Crippen molar-refractivity contribution >= 4 is 5.95 Å². The van der Waals surface area contributed by atoms with Crippen LogP contribution in [0.5, 0.6) is 6.01 Å². The number of aromatic nitrogens is 5. The van der Waals surface area contributed by atoms with Gasteiger partial charge >= 0.3 is 6.01 Å². The Morgan fingerprint density at radius 3 is 2.88 bits per heavy atom. The van der Waals surface area contributed by atoms with E-state index < -0.39 is 0 Å². The highest BCUT2D eigenvalue weighted by molar-refractivity contribution is 5.53. The van der Waals surface area contributed by atoms with Gasteiger partial charge in [0.25, 0.3) is 0 Å². The average molecular weight is 234 g/mol. The summed E-state index contributed by atoms with van der Waals surface area (Å²) < 4.78 is 6.78. The zero-order chi connectivity index (χ0) is 12.3. The van der Waals surface area contributed by atoms with Crippen molar-refractivity contribution in [2.24, 2.45) is 0 Å². The molecule has 2 aromatic rings. The lowest BCUT2D eigenvalue weighted by Crippen LogP contribution is -2.02. The molecular formula is C10H14N6O. The van der Waals surface area contributed by atoms with E-state index >= 15 is 0 Å². The Morgan fingerprint density at radius 2 is 2.18 bits per heavy atom. The van der Waals surface area contributed by atoms with Gasteiger partial charge in [-0.3, -0.25) is 4.68 Å². The first-order valence-corrected chi connectivity index (χ1v) is 5.31. The molecule has 2 heterocycles. The van der Waals surface area contributed by atoms with E-state index in [9.17, 15) is 0 Å². The third kappa shape index (κ3) is 2.49. The highest BCUT2D eigenvalue weighted by Crippen LogP contribution is 2.16. The number of hydrogen-bond donors (Lipinski definition) is 1. The molecule has 0 saturated carbocycles. The Bertz CT molecular complexity index is 509. The molecule has 2 rings (SSSR count). The smallest absolute Gasteiger partial charge is 0.321 e. The minimum atomic E-state index is 0.134. The Hall–Kier alpha value is -2.18. The van der Waals surface area contributed by atoms with Gasteiger partial charge in [0.05, 0.1) is 18.9 Å². The van der Waals surface area contributed by atoms with Crippen molar-refractivity contribution in [3.63, 3.8) is 0 Å². The normalized spacial score (nSPS) is 10.5.